The second kappa shape index (κ2) is 5.73. The average Bonchev–Trinajstić information content (AvgIpc) is 2.74. The molecule has 0 nitrogen and oxygen atoms in total. The van der Waals surface area contributed by atoms with E-state index in [0.717, 1.165) is 4.88 Å². The van der Waals surface area contributed by atoms with Crippen LogP contribution in [0, 0.1) is 36.0 Å². The monoisotopic (exact) mass is 434 g/mol. The van der Waals surface area contributed by atoms with Gasteiger partial charge in [0, 0.05) is 19.8 Å². The van der Waals surface area contributed by atoms with Gasteiger partial charge in [0.15, 0.2) is 23.3 Å². The van der Waals surface area contributed by atoms with Crippen LogP contribution in [0.25, 0.3) is 0 Å². The van der Waals surface area contributed by atoms with Gasteiger partial charge in [0.2, 0.25) is 5.82 Å². The average molecular weight is 436 g/mol. The lowest BCUT2D eigenvalue weighted by molar-refractivity contribution is 0.371. The summed E-state index contributed by atoms with van der Waals surface area (Å²) in [6, 6.07) is 1.57. The summed E-state index contributed by atoms with van der Waals surface area (Å²) in [5, 5.41) is 0. The van der Waals surface area contributed by atoms with Gasteiger partial charge >= 0.3 is 0 Å². The summed E-state index contributed by atoms with van der Waals surface area (Å²) >= 11 is 7.40. The van der Waals surface area contributed by atoms with Crippen molar-refractivity contribution in [3.63, 3.8) is 0 Å². The Bertz CT molecular complexity index is 634. The molecule has 1 heterocycles. The van der Waals surface area contributed by atoms with Crippen molar-refractivity contribution in [1.82, 2.24) is 0 Å². The standard InChI is InChI=1S/C12H5Br2F5S/c1-3-4(13)2-5(20-3)7(14)6-8(15)10(17)12(19)11(18)9(6)16/h2,7H,1H3. The third-order valence-electron chi connectivity index (χ3n) is 2.62. The maximum atomic E-state index is 13.7. The van der Waals surface area contributed by atoms with Crippen LogP contribution in [0.1, 0.15) is 20.1 Å². The highest BCUT2D eigenvalue weighted by Gasteiger charge is 2.30. The molecule has 0 amide bonds. The molecule has 0 N–H and O–H groups in total. The van der Waals surface area contributed by atoms with Gasteiger partial charge in [-0.3, -0.25) is 0 Å². The number of halogens is 7. The number of hydrogen-bond donors (Lipinski definition) is 0. The van der Waals surface area contributed by atoms with Gasteiger partial charge in [0.05, 0.1) is 4.83 Å². The van der Waals surface area contributed by atoms with Crippen LogP contribution in [0.4, 0.5) is 22.0 Å². The van der Waals surface area contributed by atoms with E-state index in [-0.39, 0.29) is 0 Å². The summed E-state index contributed by atoms with van der Waals surface area (Å²) in [4.78, 5) is 0.132. The predicted molar refractivity (Wildman–Crippen MR) is 73.8 cm³/mol. The fourth-order valence-electron chi connectivity index (χ4n) is 1.59. The number of hydrogen-bond acceptors (Lipinski definition) is 1. The van der Waals surface area contributed by atoms with Crippen LogP contribution < -0.4 is 0 Å². The number of rotatable bonds is 2. The van der Waals surface area contributed by atoms with Gasteiger partial charge in [-0.1, -0.05) is 15.9 Å². The molecule has 1 aromatic heterocycles. The zero-order valence-corrected chi connectivity index (χ0v) is 13.7. The molecular weight excluding hydrogens is 431 g/mol. The van der Waals surface area contributed by atoms with Crippen molar-refractivity contribution in [3.05, 3.63) is 54.9 Å². The first-order valence-electron chi connectivity index (χ1n) is 5.17. The van der Waals surface area contributed by atoms with Crippen molar-refractivity contribution in [3.8, 4) is 0 Å². The Morgan fingerprint density at radius 2 is 1.40 bits per heavy atom. The molecule has 0 spiro atoms. The minimum absolute atomic E-state index is 0.428. The minimum Gasteiger partial charge on any atom is -0.203 e. The lowest BCUT2D eigenvalue weighted by atomic mass is 10.1. The van der Waals surface area contributed by atoms with E-state index in [1.165, 1.54) is 11.3 Å². The van der Waals surface area contributed by atoms with E-state index in [1.807, 2.05) is 0 Å². The van der Waals surface area contributed by atoms with E-state index in [4.69, 9.17) is 0 Å². The lowest BCUT2D eigenvalue weighted by Crippen LogP contribution is -2.08. The molecule has 1 atom stereocenters. The number of benzene rings is 1. The molecule has 1 unspecified atom stereocenters. The van der Waals surface area contributed by atoms with E-state index >= 15 is 0 Å². The zero-order valence-electron chi connectivity index (χ0n) is 9.71. The Morgan fingerprint density at radius 1 is 0.950 bits per heavy atom. The highest BCUT2D eigenvalue weighted by Crippen LogP contribution is 2.41. The number of alkyl halides is 1. The summed E-state index contributed by atoms with van der Waals surface area (Å²) in [5.41, 5.74) is -0.893. The smallest absolute Gasteiger partial charge is 0.200 e. The Hall–Kier alpha value is -0.470. The molecule has 108 valence electrons. The molecule has 0 aliphatic rings. The molecule has 0 saturated heterocycles. The first-order valence-corrected chi connectivity index (χ1v) is 7.69. The molecule has 20 heavy (non-hydrogen) atoms. The van der Waals surface area contributed by atoms with E-state index < -0.39 is 39.5 Å². The van der Waals surface area contributed by atoms with Crippen LogP contribution >= 0.6 is 43.2 Å². The fourth-order valence-corrected chi connectivity index (χ4v) is 3.96. The van der Waals surface area contributed by atoms with Gasteiger partial charge in [-0.25, -0.2) is 22.0 Å². The number of thiophene rings is 1. The molecule has 0 aliphatic carbocycles. The molecule has 0 fully saturated rings. The quantitative estimate of drug-likeness (QED) is 0.235. The van der Waals surface area contributed by atoms with Gasteiger partial charge < -0.3 is 0 Å². The largest absolute Gasteiger partial charge is 0.203 e. The molecule has 0 saturated carbocycles. The normalized spacial score (nSPS) is 12.8. The van der Waals surface area contributed by atoms with E-state index in [0.29, 0.717) is 9.35 Å². The van der Waals surface area contributed by atoms with Crippen molar-refractivity contribution in [2.75, 3.05) is 0 Å². The van der Waals surface area contributed by atoms with Crippen LogP contribution in [0.2, 0.25) is 0 Å². The predicted octanol–water partition coefficient (Wildman–Crippen LogP) is 6.00. The topological polar surface area (TPSA) is 0 Å². The first kappa shape index (κ1) is 15.9. The maximum Gasteiger partial charge on any atom is 0.200 e. The second-order valence-electron chi connectivity index (χ2n) is 3.90. The van der Waals surface area contributed by atoms with Gasteiger partial charge in [0.25, 0.3) is 0 Å². The molecular formula is C12H5Br2F5S. The lowest BCUT2D eigenvalue weighted by Gasteiger charge is -2.12. The SMILES string of the molecule is Cc1sc(C(Br)c2c(F)c(F)c(F)c(F)c2F)cc1Br. The van der Waals surface area contributed by atoms with Gasteiger partial charge in [-0.2, -0.15) is 0 Å². The first-order chi connectivity index (χ1) is 9.25. The van der Waals surface area contributed by atoms with Crippen LogP contribution in [0.15, 0.2) is 10.5 Å². The van der Waals surface area contributed by atoms with Crippen molar-refractivity contribution in [2.24, 2.45) is 0 Å². The number of aryl methyl sites for hydroxylation is 1. The highest BCUT2D eigenvalue weighted by molar-refractivity contribution is 9.10. The molecule has 0 bridgehead atoms. The van der Waals surface area contributed by atoms with Crippen LogP contribution in [0.5, 0.6) is 0 Å². The Kier molecular flexibility index (Phi) is 4.56. The third-order valence-corrected chi connectivity index (χ3v) is 6.08. The van der Waals surface area contributed by atoms with Gasteiger partial charge in [0.1, 0.15) is 0 Å². The Morgan fingerprint density at radius 3 is 1.80 bits per heavy atom. The van der Waals surface area contributed by atoms with E-state index in [1.54, 1.807) is 13.0 Å². The molecule has 1 aromatic carbocycles. The third kappa shape index (κ3) is 2.53. The van der Waals surface area contributed by atoms with Gasteiger partial charge in [-0.05, 0) is 28.9 Å². The zero-order chi connectivity index (χ0) is 15.2. The van der Waals surface area contributed by atoms with E-state index in [9.17, 15) is 22.0 Å². The summed E-state index contributed by atoms with van der Waals surface area (Å²) < 4.78 is 67.4. The molecule has 8 heteroatoms. The Labute approximate surface area is 131 Å². The van der Waals surface area contributed by atoms with Crippen molar-refractivity contribution in [2.45, 2.75) is 11.8 Å². The molecule has 2 aromatic rings. The van der Waals surface area contributed by atoms with Crippen LogP contribution in [-0.4, -0.2) is 0 Å². The van der Waals surface area contributed by atoms with Crippen LogP contribution in [0.3, 0.4) is 0 Å². The maximum absolute atomic E-state index is 13.7. The van der Waals surface area contributed by atoms with Crippen molar-refractivity contribution >= 4 is 43.2 Å². The second-order valence-corrected chi connectivity index (χ2v) is 6.96. The summed E-state index contributed by atoms with van der Waals surface area (Å²) in [6.45, 7) is 1.76. The highest BCUT2D eigenvalue weighted by atomic mass is 79.9. The summed E-state index contributed by atoms with van der Waals surface area (Å²) in [6.07, 6.45) is 0. The van der Waals surface area contributed by atoms with Crippen molar-refractivity contribution < 1.29 is 22.0 Å². The minimum atomic E-state index is -2.16. The molecule has 0 radical (unpaired) electrons. The summed E-state index contributed by atoms with van der Waals surface area (Å²) in [7, 11) is 0. The van der Waals surface area contributed by atoms with Crippen LogP contribution in [-0.2, 0) is 0 Å². The fraction of sp³-hybridized carbons (Fsp3) is 0.167. The molecule has 0 aliphatic heterocycles. The van der Waals surface area contributed by atoms with Crippen molar-refractivity contribution in [1.29, 1.82) is 0 Å². The van der Waals surface area contributed by atoms with E-state index in [2.05, 4.69) is 31.9 Å². The Balaban J connectivity index is 2.63. The summed E-state index contributed by atoms with van der Waals surface area (Å²) in [5.74, 6) is -9.71. The van der Waals surface area contributed by atoms with Gasteiger partial charge in [-0.15, -0.1) is 11.3 Å². The molecule has 2 rings (SSSR count).